The lowest BCUT2D eigenvalue weighted by atomic mass is 10.1. The summed E-state index contributed by atoms with van der Waals surface area (Å²) < 4.78 is 6.37. The number of aliphatic hydroxyl groups excluding tert-OH is 2. The molecule has 0 spiro atoms. The SMILES string of the molecule is CN(C)CC(O)COc1ccc(Nc2ncc(Br)c(Nc3ccc(CCO)cc3)n2)cc1. The molecule has 2 aromatic carbocycles. The summed E-state index contributed by atoms with van der Waals surface area (Å²) in [6.07, 6.45) is 1.77. The summed E-state index contributed by atoms with van der Waals surface area (Å²) in [6, 6.07) is 15.2. The number of aliphatic hydroxyl groups is 2. The van der Waals surface area contributed by atoms with Crippen LogP contribution in [0.25, 0.3) is 0 Å². The summed E-state index contributed by atoms with van der Waals surface area (Å²) >= 11 is 3.48. The molecule has 0 saturated carbocycles. The zero-order chi connectivity index (χ0) is 22.9. The molecule has 1 atom stereocenters. The monoisotopic (exact) mass is 501 g/mol. The van der Waals surface area contributed by atoms with Crippen molar-refractivity contribution in [2.45, 2.75) is 12.5 Å². The zero-order valence-corrected chi connectivity index (χ0v) is 19.7. The van der Waals surface area contributed by atoms with E-state index in [4.69, 9.17) is 9.84 Å². The zero-order valence-electron chi connectivity index (χ0n) is 18.1. The Morgan fingerprint density at radius 2 is 1.69 bits per heavy atom. The van der Waals surface area contributed by atoms with Gasteiger partial charge in [-0.25, -0.2) is 4.98 Å². The Kier molecular flexibility index (Phi) is 8.81. The third-order valence-corrected chi connectivity index (χ3v) is 5.07. The van der Waals surface area contributed by atoms with Crippen LogP contribution in [0.2, 0.25) is 0 Å². The number of aromatic nitrogens is 2. The first-order chi connectivity index (χ1) is 15.4. The first-order valence-corrected chi connectivity index (χ1v) is 11.0. The van der Waals surface area contributed by atoms with Crippen molar-refractivity contribution < 1.29 is 14.9 Å². The lowest BCUT2D eigenvalue weighted by molar-refractivity contribution is 0.0831. The highest BCUT2D eigenvalue weighted by Gasteiger charge is 2.08. The molecule has 4 N–H and O–H groups in total. The summed E-state index contributed by atoms with van der Waals surface area (Å²) in [5.41, 5.74) is 2.77. The number of anilines is 4. The van der Waals surface area contributed by atoms with E-state index in [9.17, 15) is 5.11 Å². The summed E-state index contributed by atoms with van der Waals surface area (Å²) in [4.78, 5) is 10.8. The van der Waals surface area contributed by atoms with E-state index in [0.717, 1.165) is 21.4 Å². The van der Waals surface area contributed by atoms with Crippen LogP contribution in [-0.4, -0.2) is 65.0 Å². The molecule has 8 nitrogen and oxygen atoms in total. The van der Waals surface area contributed by atoms with E-state index in [-0.39, 0.29) is 13.2 Å². The quantitative estimate of drug-likeness (QED) is 0.316. The summed E-state index contributed by atoms with van der Waals surface area (Å²) in [5, 5.41) is 25.4. The Morgan fingerprint density at radius 1 is 1.03 bits per heavy atom. The fraction of sp³-hybridized carbons (Fsp3) is 0.304. The van der Waals surface area contributed by atoms with Crippen molar-refractivity contribution in [2.24, 2.45) is 0 Å². The minimum Gasteiger partial charge on any atom is -0.491 e. The molecule has 1 aromatic heterocycles. The first-order valence-electron chi connectivity index (χ1n) is 10.2. The third-order valence-electron chi connectivity index (χ3n) is 4.49. The van der Waals surface area contributed by atoms with Gasteiger partial charge in [-0.05, 0) is 78.4 Å². The molecule has 0 aliphatic rings. The number of nitrogens with one attached hydrogen (secondary N) is 2. The Bertz CT molecular complexity index is 984. The Morgan fingerprint density at radius 3 is 2.34 bits per heavy atom. The number of likely N-dealkylation sites (N-methyl/N-ethyl adjacent to an activating group) is 1. The maximum absolute atomic E-state index is 9.91. The summed E-state index contributed by atoms with van der Waals surface area (Å²) in [6.45, 7) is 0.908. The Hall–Kier alpha value is -2.72. The lowest BCUT2D eigenvalue weighted by Crippen LogP contribution is -2.30. The highest BCUT2D eigenvalue weighted by molar-refractivity contribution is 9.10. The van der Waals surface area contributed by atoms with Gasteiger partial charge >= 0.3 is 0 Å². The third kappa shape index (κ3) is 7.45. The number of nitrogens with zero attached hydrogens (tertiary/aromatic N) is 3. The molecule has 0 bridgehead atoms. The van der Waals surface area contributed by atoms with Crippen molar-refractivity contribution >= 4 is 39.1 Å². The van der Waals surface area contributed by atoms with Crippen LogP contribution >= 0.6 is 15.9 Å². The number of halogens is 1. The van der Waals surface area contributed by atoms with Crippen molar-refractivity contribution in [3.63, 3.8) is 0 Å². The molecule has 0 aliphatic heterocycles. The van der Waals surface area contributed by atoms with E-state index >= 15 is 0 Å². The van der Waals surface area contributed by atoms with Crippen molar-refractivity contribution in [3.05, 3.63) is 64.8 Å². The maximum atomic E-state index is 9.91. The molecule has 0 radical (unpaired) electrons. The van der Waals surface area contributed by atoms with Crippen molar-refractivity contribution in [1.82, 2.24) is 14.9 Å². The van der Waals surface area contributed by atoms with Crippen LogP contribution in [0.3, 0.4) is 0 Å². The molecule has 1 heterocycles. The van der Waals surface area contributed by atoms with Crippen LogP contribution < -0.4 is 15.4 Å². The fourth-order valence-electron chi connectivity index (χ4n) is 2.97. The minimum absolute atomic E-state index is 0.130. The van der Waals surface area contributed by atoms with Crippen LogP contribution in [0, 0.1) is 0 Å². The molecule has 0 fully saturated rings. The number of benzene rings is 2. The number of rotatable bonds is 11. The highest BCUT2D eigenvalue weighted by Crippen LogP contribution is 2.26. The van der Waals surface area contributed by atoms with Crippen molar-refractivity contribution in [2.75, 3.05) is 44.5 Å². The molecule has 32 heavy (non-hydrogen) atoms. The molecule has 0 aliphatic carbocycles. The van der Waals surface area contributed by atoms with Gasteiger partial charge in [0.05, 0.1) is 4.47 Å². The van der Waals surface area contributed by atoms with E-state index in [2.05, 4.69) is 36.5 Å². The fourth-order valence-corrected chi connectivity index (χ4v) is 3.26. The molecule has 9 heteroatoms. The van der Waals surface area contributed by atoms with Crippen LogP contribution in [-0.2, 0) is 6.42 Å². The molecule has 3 aromatic rings. The van der Waals surface area contributed by atoms with Gasteiger partial charge in [0, 0.05) is 30.7 Å². The molecular formula is C23H28BrN5O3. The molecule has 0 saturated heterocycles. The molecule has 0 amide bonds. The van der Waals surface area contributed by atoms with E-state index in [1.165, 1.54) is 0 Å². The normalized spacial score (nSPS) is 11.9. The van der Waals surface area contributed by atoms with Crippen LogP contribution in [0.1, 0.15) is 5.56 Å². The van der Waals surface area contributed by atoms with Gasteiger partial charge < -0.3 is 30.5 Å². The smallest absolute Gasteiger partial charge is 0.229 e. The van der Waals surface area contributed by atoms with Crippen molar-refractivity contribution in [3.8, 4) is 5.75 Å². The summed E-state index contributed by atoms with van der Waals surface area (Å²) in [7, 11) is 3.81. The standard InChI is InChI=1S/C23H28BrN5O3/c1-29(2)14-19(31)15-32-20-9-7-18(8-10-20)27-23-25-13-21(24)22(28-23)26-17-5-3-16(4-6-17)11-12-30/h3-10,13,19,30-31H,11-12,14-15H2,1-2H3,(H2,25,26,27,28). The van der Waals surface area contributed by atoms with Crippen LogP contribution in [0.4, 0.5) is 23.1 Å². The molecular weight excluding hydrogens is 474 g/mol. The second-order valence-corrected chi connectivity index (χ2v) is 8.42. The highest BCUT2D eigenvalue weighted by atomic mass is 79.9. The van der Waals surface area contributed by atoms with Gasteiger partial charge in [-0.2, -0.15) is 4.98 Å². The average Bonchev–Trinajstić information content (AvgIpc) is 2.77. The number of hydrogen-bond acceptors (Lipinski definition) is 8. The van der Waals surface area contributed by atoms with E-state index < -0.39 is 6.10 Å². The Balaban J connectivity index is 1.60. The van der Waals surface area contributed by atoms with E-state index in [1.807, 2.05) is 67.5 Å². The topological polar surface area (TPSA) is 103 Å². The van der Waals surface area contributed by atoms with Crippen LogP contribution in [0.5, 0.6) is 5.75 Å². The van der Waals surface area contributed by atoms with E-state index in [0.29, 0.717) is 30.5 Å². The van der Waals surface area contributed by atoms with Gasteiger partial charge in [0.15, 0.2) is 0 Å². The predicted octanol–water partition coefficient (Wildman–Crippen LogP) is 3.56. The van der Waals surface area contributed by atoms with Gasteiger partial charge in [-0.15, -0.1) is 0 Å². The molecule has 1 unspecified atom stereocenters. The number of hydrogen-bond donors (Lipinski definition) is 4. The van der Waals surface area contributed by atoms with Gasteiger partial charge in [0.25, 0.3) is 0 Å². The second-order valence-electron chi connectivity index (χ2n) is 7.56. The van der Waals surface area contributed by atoms with Gasteiger partial charge in [-0.3, -0.25) is 0 Å². The van der Waals surface area contributed by atoms with Gasteiger partial charge in [0.2, 0.25) is 5.95 Å². The lowest BCUT2D eigenvalue weighted by Gasteiger charge is -2.16. The van der Waals surface area contributed by atoms with Gasteiger partial charge in [-0.1, -0.05) is 12.1 Å². The average molecular weight is 502 g/mol. The largest absolute Gasteiger partial charge is 0.491 e. The number of ether oxygens (including phenoxy) is 1. The van der Waals surface area contributed by atoms with Crippen molar-refractivity contribution in [1.29, 1.82) is 0 Å². The maximum Gasteiger partial charge on any atom is 0.229 e. The first kappa shape index (κ1) is 23.9. The minimum atomic E-state index is -0.546. The van der Waals surface area contributed by atoms with Crippen LogP contribution in [0.15, 0.2) is 59.2 Å². The molecule has 170 valence electrons. The molecule has 3 rings (SSSR count). The summed E-state index contributed by atoms with van der Waals surface area (Å²) in [5.74, 6) is 1.76. The van der Waals surface area contributed by atoms with Gasteiger partial charge in [0.1, 0.15) is 24.3 Å². The second kappa shape index (κ2) is 11.8. The van der Waals surface area contributed by atoms with E-state index in [1.54, 1.807) is 6.20 Å². The predicted molar refractivity (Wildman–Crippen MR) is 130 cm³/mol. The Labute approximate surface area is 196 Å².